The van der Waals surface area contributed by atoms with Crippen molar-refractivity contribution in [3.8, 4) is 22.8 Å². The minimum absolute atomic E-state index is 0.0668. The van der Waals surface area contributed by atoms with Gasteiger partial charge in [0.15, 0.2) is 17.3 Å². The summed E-state index contributed by atoms with van der Waals surface area (Å²) >= 11 is 0. The Bertz CT molecular complexity index is 936. The molecule has 2 aromatic carbocycles. The molecule has 138 valence electrons. The molecule has 0 fully saturated rings. The van der Waals surface area contributed by atoms with Gasteiger partial charge < -0.3 is 19.3 Å². The van der Waals surface area contributed by atoms with Crippen LogP contribution in [0.1, 0.15) is 24.2 Å². The lowest BCUT2D eigenvalue weighted by Gasteiger charge is -2.18. The van der Waals surface area contributed by atoms with Crippen LogP contribution in [0.2, 0.25) is 0 Å². The van der Waals surface area contributed by atoms with Crippen molar-refractivity contribution in [1.82, 2.24) is 10.5 Å². The Kier molecular flexibility index (Phi) is 4.78. The molecule has 1 aromatic heterocycles. The van der Waals surface area contributed by atoms with Gasteiger partial charge in [-0.2, -0.15) is 0 Å². The van der Waals surface area contributed by atoms with Crippen molar-refractivity contribution in [3.05, 3.63) is 65.9 Å². The van der Waals surface area contributed by atoms with Gasteiger partial charge in [-0.05, 0) is 30.7 Å². The van der Waals surface area contributed by atoms with Crippen LogP contribution >= 0.6 is 0 Å². The average molecular weight is 364 g/mol. The van der Waals surface area contributed by atoms with Gasteiger partial charge in [-0.25, -0.2) is 0 Å². The number of amides is 1. The van der Waals surface area contributed by atoms with Crippen LogP contribution in [0.5, 0.6) is 11.5 Å². The Balaban J connectivity index is 1.41. The maximum atomic E-state index is 12.3. The van der Waals surface area contributed by atoms with Gasteiger partial charge in [0, 0.05) is 11.6 Å². The van der Waals surface area contributed by atoms with Crippen molar-refractivity contribution in [2.45, 2.75) is 19.4 Å². The maximum Gasteiger partial charge on any atom is 0.226 e. The second-order valence-corrected chi connectivity index (χ2v) is 6.42. The summed E-state index contributed by atoms with van der Waals surface area (Å²) in [4.78, 5) is 12.3. The Hall–Kier alpha value is -3.28. The van der Waals surface area contributed by atoms with Crippen LogP contribution in [0.4, 0.5) is 0 Å². The van der Waals surface area contributed by atoms with Crippen LogP contribution in [0.3, 0.4) is 0 Å². The maximum absolute atomic E-state index is 12.3. The summed E-state index contributed by atoms with van der Waals surface area (Å²) in [6.45, 7) is 3.03. The minimum Gasteiger partial charge on any atom is -0.486 e. The van der Waals surface area contributed by atoms with E-state index >= 15 is 0 Å². The molecule has 1 N–H and O–H groups in total. The zero-order valence-electron chi connectivity index (χ0n) is 15.0. The Morgan fingerprint density at radius 2 is 1.85 bits per heavy atom. The molecule has 0 aliphatic carbocycles. The number of hydrogen-bond donors (Lipinski definition) is 1. The first-order chi connectivity index (χ1) is 13.2. The van der Waals surface area contributed by atoms with Crippen molar-refractivity contribution in [1.29, 1.82) is 0 Å². The number of nitrogens with zero attached hydrogens (tertiary/aromatic N) is 1. The van der Waals surface area contributed by atoms with Gasteiger partial charge in [0.2, 0.25) is 5.91 Å². The monoisotopic (exact) mass is 364 g/mol. The highest BCUT2D eigenvalue weighted by atomic mass is 16.6. The van der Waals surface area contributed by atoms with E-state index in [1.54, 1.807) is 6.07 Å². The largest absolute Gasteiger partial charge is 0.486 e. The first-order valence-electron chi connectivity index (χ1n) is 8.89. The summed E-state index contributed by atoms with van der Waals surface area (Å²) in [6, 6.07) is 17.1. The molecule has 1 unspecified atom stereocenters. The lowest BCUT2D eigenvalue weighted by molar-refractivity contribution is -0.121. The summed E-state index contributed by atoms with van der Waals surface area (Å²) in [5.41, 5.74) is 2.47. The predicted octanol–water partition coefficient (Wildman–Crippen LogP) is 3.53. The smallest absolute Gasteiger partial charge is 0.226 e. The highest BCUT2D eigenvalue weighted by molar-refractivity contribution is 5.79. The molecule has 6 nitrogen and oxygen atoms in total. The SMILES string of the molecule is CC(NC(=O)Cc1cc(-c2ccc3c(c2)OCCO3)on1)c1ccccc1. The molecular formula is C21H20N2O4. The third-order valence-electron chi connectivity index (χ3n) is 4.40. The van der Waals surface area contributed by atoms with Crippen molar-refractivity contribution < 1.29 is 18.8 Å². The lowest BCUT2D eigenvalue weighted by Crippen LogP contribution is -2.28. The van der Waals surface area contributed by atoms with Gasteiger partial charge in [-0.1, -0.05) is 35.5 Å². The van der Waals surface area contributed by atoms with E-state index in [-0.39, 0.29) is 18.4 Å². The van der Waals surface area contributed by atoms with Gasteiger partial charge in [0.1, 0.15) is 13.2 Å². The molecule has 0 saturated carbocycles. The first kappa shape index (κ1) is 17.1. The molecule has 0 bridgehead atoms. The molecule has 0 radical (unpaired) electrons. The van der Waals surface area contributed by atoms with Gasteiger partial charge in [0.25, 0.3) is 0 Å². The van der Waals surface area contributed by atoms with E-state index in [2.05, 4.69) is 10.5 Å². The van der Waals surface area contributed by atoms with E-state index in [0.29, 0.717) is 30.4 Å². The fourth-order valence-electron chi connectivity index (χ4n) is 3.01. The Morgan fingerprint density at radius 3 is 2.67 bits per heavy atom. The number of carbonyl (C=O) groups excluding carboxylic acids is 1. The quantitative estimate of drug-likeness (QED) is 0.750. The van der Waals surface area contributed by atoms with Gasteiger partial charge in [0.05, 0.1) is 18.2 Å². The van der Waals surface area contributed by atoms with Crippen LogP contribution in [0.25, 0.3) is 11.3 Å². The molecule has 4 rings (SSSR count). The highest BCUT2D eigenvalue weighted by Gasteiger charge is 2.16. The van der Waals surface area contributed by atoms with Crippen molar-refractivity contribution >= 4 is 5.91 Å². The molecule has 2 heterocycles. The lowest BCUT2D eigenvalue weighted by atomic mass is 10.1. The molecule has 6 heteroatoms. The number of rotatable bonds is 5. The van der Waals surface area contributed by atoms with Crippen LogP contribution in [0.15, 0.2) is 59.1 Å². The zero-order valence-corrected chi connectivity index (χ0v) is 15.0. The number of nitrogens with one attached hydrogen (secondary N) is 1. The van der Waals surface area contributed by atoms with Crippen molar-refractivity contribution in [3.63, 3.8) is 0 Å². The predicted molar refractivity (Wildman–Crippen MR) is 99.6 cm³/mol. The number of ether oxygens (including phenoxy) is 2. The number of carbonyl (C=O) groups is 1. The number of benzene rings is 2. The minimum atomic E-state index is -0.103. The number of fused-ring (bicyclic) bond motifs is 1. The normalized spacial score (nSPS) is 13.8. The Labute approximate surface area is 157 Å². The van der Waals surface area contributed by atoms with E-state index in [0.717, 1.165) is 16.9 Å². The van der Waals surface area contributed by atoms with Crippen LogP contribution in [-0.4, -0.2) is 24.3 Å². The van der Waals surface area contributed by atoms with Crippen molar-refractivity contribution in [2.24, 2.45) is 0 Å². The van der Waals surface area contributed by atoms with Crippen molar-refractivity contribution in [2.75, 3.05) is 13.2 Å². The van der Waals surface area contributed by atoms with Crippen LogP contribution < -0.4 is 14.8 Å². The molecule has 27 heavy (non-hydrogen) atoms. The second kappa shape index (κ2) is 7.53. The number of hydrogen-bond acceptors (Lipinski definition) is 5. The van der Waals surface area contributed by atoms with Gasteiger partial charge in [-0.3, -0.25) is 4.79 Å². The molecule has 1 atom stereocenters. The van der Waals surface area contributed by atoms with E-state index in [4.69, 9.17) is 14.0 Å². The topological polar surface area (TPSA) is 73.6 Å². The molecule has 1 aliphatic heterocycles. The van der Waals surface area contributed by atoms with Gasteiger partial charge >= 0.3 is 0 Å². The summed E-state index contributed by atoms with van der Waals surface area (Å²) in [7, 11) is 0. The van der Waals surface area contributed by atoms with E-state index in [1.165, 1.54) is 0 Å². The van der Waals surface area contributed by atoms with Crippen LogP contribution in [0, 0.1) is 0 Å². The summed E-state index contributed by atoms with van der Waals surface area (Å²) in [5, 5.41) is 6.99. The fourth-order valence-corrected chi connectivity index (χ4v) is 3.01. The third kappa shape index (κ3) is 3.95. The Morgan fingerprint density at radius 1 is 1.07 bits per heavy atom. The standard InChI is InChI=1S/C21H20N2O4/c1-14(15-5-3-2-4-6-15)22-21(24)13-17-12-19(27-23-17)16-7-8-18-20(11-16)26-10-9-25-18/h2-8,11-12,14H,9-10,13H2,1H3,(H,22,24). The van der Waals surface area contributed by atoms with E-state index in [1.807, 2.05) is 55.5 Å². The van der Waals surface area contributed by atoms with Crippen LogP contribution in [-0.2, 0) is 11.2 Å². The summed E-state index contributed by atoms with van der Waals surface area (Å²) < 4.78 is 16.5. The van der Waals surface area contributed by atoms with E-state index in [9.17, 15) is 4.79 Å². The highest BCUT2D eigenvalue weighted by Crippen LogP contribution is 2.34. The molecule has 0 saturated heterocycles. The summed E-state index contributed by atoms with van der Waals surface area (Å²) in [5.74, 6) is 1.89. The first-order valence-corrected chi connectivity index (χ1v) is 8.89. The number of aromatic nitrogens is 1. The van der Waals surface area contributed by atoms with Gasteiger partial charge in [-0.15, -0.1) is 0 Å². The molecule has 0 spiro atoms. The fraction of sp³-hybridized carbons (Fsp3) is 0.238. The average Bonchev–Trinajstić information content (AvgIpc) is 3.16. The molecule has 1 amide bonds. The molecule has 1 aliphatic rings. The summed E-state index contributed by atoms with van der Waals surface area (Å²) in [6.07, 6.45) is 0.158. The zero-order chi connectivity index (χ0) is 18.6. The molecule has 3 aromatic rings. The molecular weight excluding hydrogens is 344 g/mol. The van der Waals surface area contributed by atoms with E-state index < -0.39 is 0 Å². The second-order valence-electron chi connectivity index (χ2n) is 6.42. The third-order valence-corrected chi connectivity index (χ3v) is 4.40.